The minimum atomic E-state index is -4.66. The van der Waals surface area contributed by atoms with E-state index >= 15 is 0 Å². The van der Waals surface area contributed by atoms with Crippen LogP contribution in [0.3, 0.4) is 0 Å². The lowest BCUT2D eigenvalue weighted by Gasteiger charge is -2.14. The van der Waals surface area contributed by atoms with Gasteiger partial charge in [0.15, 0.2) is 5.82 Å². The summed E-state index contributed by atoms with van der Waals surface area (Å²) >= 11 is 0. The molecule has 0 aliphatic rings. The molecule has 0 heterocycles. The average molecular weight is 279 g/mol. The van der Waals surface area contributed by atoms with Crippen molar-refractivity contribution in [1.29, 1.82) is 0 Å². The first-order chi connectivity index (χ1) is 8.29. The Kier molecular flexibility index (Phi) is 6.14. The summed E-state index contributed by atoms with van der Waals surface area (Å²) < 4.78 is 51.2. The van der Waals surface area contributed by atoms with Crippen molar-refractivity contribution < 1.29 is 17.6 Å². The van der Waals surface area contributed by atoms with Crippen LogP contribution in [-0.2, 0) is 6.18 Å². The van der Waals surface area contributed by atoms with Crippen molar-refractivity contribution in [2.45, 2.75) is 26.9 Å². The monoisotopic (exact) mass is 279 g/mol. The standard InChI is InChI=1S/C10H8F4NP.C2H6/c1-2-3-5-4-6(15)8(11)9(16)7(5)10(12,13)14;1-2/h4H,15-16H2,1H3;1-2H3. The topological polar surface area (TPSA) is 26.0 Å². The van der Waals surface area contributed by atoms with Crippen molar-refractivity contribution in [3.63, 3.8) is 0 Å². The third kappa shape index (κ3) is 3.61. The Morgan fingerprint density at radius 3 is 2.17 bits per heavy atom. The van der Waals surface area contributed by atoms with Crippen LogP contribution in [0.1, 0.15) is 31.9 Å². The zero-order valence-corrected chi connectivity index (χ0v) is 11.4. The molecular weight excluding hydrogens is 265 g/mol. The molecule has 2 N–H and O–H groups in total. The molecule has 0 spiro atoms. The normalized spacial score (nSPS) is 10.0. The van der Waals surface area contributed by atoms with Crippen LogP contribution >= 0.6 is 9.24 Å². The van der Waals surface area contributed by atoms with Gasteiger partial charge in [0, 0.05) is 10.9 Å². The van der Waals surface area contributed by atoms with E-state index in [-0.39, 0.29) is 11.3 Å². The number of nitrogens with two attached hydrogens (primary N) is 1. The van der Waals surface area contributed by atoms with Gasteiger partial charge in [0.2, 0.25) is 0 Å². The number of rotatable bonds is 0. The van der Waals surface area contributed by atoms with E-state index in [1.807, 2.05) is 13.8 Å². The van der Waals surface area contributed by atoms with Crippen LogP contribution in [0, 0.1) is 17.7 Å². The molecule has 1 nitrogen and oxygen atoms in total. The molecule has 0 radical (unpaired) electrons. The van der Waals surface area contributed by atoms with Crippen LogP contribution in [-0.4, -0.2) is 0 Å². The Morgan fingerprint density at radius 2 is 1.78 bits per heavy atom. The molecular formula is C12H14F4NP. The second-order valence-corrected chi connectivity index (χ2v) is 3.57. The van der Waals surface area contributed by atoms with E-state index in [1.54, 1.807) is 9.24 Å². The highest BCUT2D eigenvalue weighted by Gasteiger charge is 2.36. The van der Waals surface area contributed by atoms with Gasteiger partial charge in [-0.15, -0.1) is 15.2 Å². The summed E-state index contributed by atoms with van der Waals surface area (Å²) in [5.41, 5.74) is 3.47. The van der Waals surface area contributed by atoms with Crippen molar-refractivity contribution in [2.24, 2.45) is 0 Å². The van der Waals surface area contributed by atoms with Crippen LogP contribution in [0.5, 0.6) is 0 Å². The molecule has 0 saturated carbocycles. The van der Waals surface area contributed by atoms with Crippen molar-refractivity contribution in [3.05, 3.63) is 23.0 Å². The maximum Gasteiger partial charge on any atom is 0.418 e. The van der Waals surface area contributed by atoms with Gasteiger partial charge in [0.25, 0.3) is 0 Å². The van der Waals surface area contributed by atoms with Gasteiger partial charge in [-0.1, -0.05) is 19.8 Å². The third-order valence-electron chi connectivity index (χ3n) is 1.87. The number of hydrogen-bond acceptors (Lipinski definition) is 1. The summed E-state index contributed by atoms with van der Waals surface area (Å²) in [4.78, 5) is 0. The van der Waals surface area contributed by atoms with E-state index in [1.165, 1.54) is 6.92 Å². The van der Waals surface area contributed by atoms with Crippen LogP contribution in [0.15, 0.2) is 6.07 Å². The van der Waals surface area contributed by atoms with Crippen molar-refractivity contribution in [3.8, 4) is 11.8 Å². The van der Waals surface area contributed by atoms with E-state index in [2.05, 4.69) is 11.8 Å². The minimum Gasteiger partial charge on any atom is -0.396 e. The quantitative estimate of drug-likeness (QED) is 0.335. The number of halogens is 4. The summed E-state index contributed by atoms with van der Waals surface area (Å²) in [6.45, 7) is 5.39. The van der Waals surface area contributed by atoms with Gasteiger partial charge in [0.1, 0.15) is 0 Å². The highest BCUT2D eigenvalue weighted by molar-refractivity contribution is 7.27. The molecule has 1 aromatic carbocycles. The number of hydrogen-bond donors (Lipinski definition) is 1. The van der Waals surface area contributed by atoms with E-state index in [0.29, 0.717) is 0 Å². The van der Waals surface area contributed by atoms with Gasteiger partial charge in [-0.05, 0) is 13.0 Å². The lowest BCUT2D eigenvalue weighted by atomic mass is 10.1. The zero-order chi connectivity index (χ0) is 14.5. The number of anilines is 1. The lowest BCUT2D eigenvalue weighted by molar-refractivity contribution is -0.136. The molecule has 1 aromatic rings. The summed E-state index contributed by atoms with van der Waals surface area (Å²) in [5, 5.41) is -0.606. The van der Waals surface area contributed by atoms with Gasteiger partial charge >= 0.3 is 6.18 Å². The molecule has 1 atom stereocenters. The summed E-state index contributed by atoms with van der Waals surface area (Å²) in [6.07, 6.45) is -4.66. The SMILES string of the molecule is CC.CC#Cc1cc(N)c(F)c(P)c1C(F)(F)F. The van der Waals surface area contributed by atoms with E-state index in [4.69, 9.17) is 5.73 Å². The Morgan fingerprint density at radius 1 is 1.28 bits per heavy atom. The molecule has 0 aliphatic heterocycles. The maximum atomic E-state index is 13.2. The summed E-state index contributed by atoms with van der Waals surface area (Å²) in [7, 11) is 1.71. The molecule has 0 fully saturated rings. The van der Waals surface area contributed by atoms with Gasteiger partial charge in [-0.3, -0.25) is 0 Å². The van der Waals surface area contributed by atoms with Crippen molar-refractivity contribution in [1.82, 2.24) is 0 Å². The number of alkyl halides is 3. The first kappa shape index (κ1) is 16.7. The van der Waals surface area contributed by atoms with Crippen molar-refractivity contribution in [2.75, 3.05) is 5.73 Å². The predicted molar refractivity (Wildman–Crippen MR) is 69.1 cm³/mol. The molecule has 100 valence electrons. The molecule has 0 saturated heterocycles. The Bertz CT molecular complexity index is 484. The number of benzene rings is 1. The second-order valence-electron chi connectivity index (χ2n) is 2.99. The molecule has 18 heavy (non-hydrogen) atoms. The Balaban J connectivity index is 0.00000137. The van der Waals surface area contributed by atoms with Crippen molar-refractivity contribution >= 4 is 20.2 Å². The minimum absolute atomic E-state index is 0.320. The summed E-state index contributed by atoms with van der Waals surface area (Å²) in [5.74, 6) is 3.51. The highest BCUT2D eigenvalue weighted by atomic mass is 31.0. The fourth-order valence-corrected chi connectivity index (χ4v) is 1.73. The maximum absolute atomic E-state index is 13.2. The van der Waals surface area contributed by atoms with Crippen LogP contribution < -0.4 is 11.0 Å². The van der Waals surface area contributed by atoms with E-state index in [9.17, 15) is 17.6 Å². The second kappa shape index (κ2) is 6.61. The predicted octanol–water partition coefficient (Wildman–Crippen LogP) is 3.32. The molecule has 1 unspecified atom stereocenters. The largest absolute Gasteiger partial charge is 0.418 e. The Labute approximate surface area is 106 Å². The molecule has 6 heteroatoms. The van der Waals surface area contributed by atoms with Gasteiger partial charge in [-0.2, -0.15) is 13.2 Å². The van der Waals surface area contributed by atoms with Gasteiger partial charge in [-0.25, -0.2) is 4.39 Å². The van der Waals surface area contributed by atoms with Gasteiger partial charge in [0.05, 0.1) is 11.3 Å². The van der Waals surface area contributed by atoms with Crippen LogP contribution in [0.2, 0.25) is 0 Å². The van der Waals surface area contributed by atoms with Crippen LogP contribution in [0.4, 0.5) is 23.2 Å². The smallest absolute Gasteiger partial charge is 0.396 e. The molecule has 0 bridgehead atoms. The van der Waals surface area contributed by atoms with Crippen LogP contribution in [0.25, 0.3) is 0 Å². The Hall–Kier alpha value is -1.27. The lowest BCUT2D eigenvalue weighted by Crippen LogP contribution is -2.21. The fourth-order valence-electron chi connectivity index (χ4n) is 1.24. The first-order valence-corrected chi connectivity index (χ1v) is 5.74. The van der Waals surface area contributed by atoms with Gasteiger partial charge < -0.3 is 5.73 Å². The molecule has 0 aliphatic carbocycles. The molecule has 1 rings (SSSR count). The first-order valence-electron chi connectivity index (χ1n) is 5.16. The zero-order valence-electron chi connectivity index (χ0n) is 10.2. The van der Waals surface area contributed by atoms with E-state index in [0.717, 1.165) is 6.07 Å². The van der Waals surface area contributed by atoms with E-state index < -0.39 is 22.9 Å². The summed E-state index contributed by atoms with van der Waals surface area (Å²) in [6, 6.07) is 0.891. The molecule has 0 amide bonds. The third-order valence-corrected chi connectivity index (χ3v) is 2.41. The average Bonchev–Trinajstić information content (AvgIpc) is 2.27. The fraction of sp³-hybridized carbons (Fsp3) is 0.333. The highest BCUT2D eigenvalue weighted by Crippen LogP contribution is 2.33. The molecule has 0 aromatic heterocycles. The number of nitrogen functional groups attached to an aromatic ring is 1.